The van der Waals surface area contributed by atoms with Crippen molar-refractivity contribution in [2.24, 2.45) is 16.5 Å². The van der Waals surface area contributed by atoms with E-state index in [-0.39, 0.29) is 24.0 Å². The fraction of sp³-hybridized carbons (Fsp3) is 0.375. The number of aliphatic imine (C=N–C) groups is 1. The number of carbonyl (C=O) groups excluding carboxylic acids is 1. The van der Waals surface area contributed by atoms with E-state index in [1.54, 1.807) is 18.2 Å². The molecule has 0 bridgehead atoms. The summed E-state index contributed by atoms with van der Waals surface area (Å²) in [5.41, 5.74) is 11.8. The number of carbonyl (C=O) groups is 1. The van der Waals surface area contributed by atoms with Crippen molar-refractivity contribution in [1.29, 1.82) is 0 Å². The molecule has 0 radical (unpaired) electrons. The second-order valence-electron chi connectivity index (χ2n) is 4.85. The number of rotatable bonds is 9. The highest BCUT2D eigenvalue weighted by Crippen LogP contribution is 2.26. The lowest BCUT2D eigenvalue weighted by molar-refractivity contribution is -0.113. The highest BCUT2D eigenvalue weighted by Gasteiger charge is 2.01. The number of aromatic hydroxyl groups is 1. The topological polar surface area (TPSA) is 123 Å². The Kier molecular flexibility index (Phi) is 8.23. The first-order valence-electron chi connectivity index (χ1n) is 7.38. The highest BCUT2D eigenvalue weighted by molar-refractivity contribution is 5.96. The monoisotopic (exact) mass is 320 g/mol. The van der Waals surface area contributed by atoms with Gasteiger partial charge in [0.05, 0.1) is 7.11 Å². The van der Waals surface area contributed by atoms with E-state index >= 15 is 0 Å². The summed E-state index contributed by atoms with van der Waals surface area (Å²) in [6.45, 7) is 1.30. The molecule has 0 aromatic heterocycles. The molecule has 0 spiro atoms. The Labute approximate surface area is 136 Å². The van der Waals surface area contributed by atoms with Crippen LogP contribution in [0.3, 0.4) is 0 Å². The SMILES string of the molecule is COc1cc(/C=C/C(=O)CN=C(N)NCCCCN)ccc1O. The number of ketones is 1. The number of nitrogens with zero attached hydrogens (tertiary/aromatic N) is 1. The van der Waals surface area contributed by atoms with Gasteiger partial charge in [0.1, 0.15) is 6.54 Å². The molecule has 0 fully saturated rings. The molecule has 6 N–H and O–H groups in total. The van der Waals surface area contributed by atoms with E-state index in [2.05, 4.69) is 10.3 Å². The van der Waals surface area contributed by atoms with Crippen LogP contribution in [0.2, 0.25) is 0 Å². The number of hydrogen-bond acceptors (Lipinski definition) is 5. The number of phenols is 1. The summed E-state index contributed by atoms with van der Waals surface area (Å²) in [5, 5.41) is 12.4. The summed E-state index contributed by atoms with van der Waals surface area (Å²) in [4.78, 5) is 15.7. The number of nitrogens with two attached hydrogens (primary N) is 2. The van der Waals surface area contributed by atoms with Crippen LogP contribution in [-0.2, 0) is 4.79 Å². The van der Waals surface area contributed by atoms with Crippen LogP contribution in [0.25, 0.3) is 6.08 Å². The van der Waals surface area contributed by atoms with Gasteiger partial charge in [-0.25, -0.2) is 4.99 Å². The van der Waals surface area contributed by atoms with Gasteiger partial charge in [-0.1, -0.05) is 12.1 Å². The third-order valence-corrected chi connectivity index (χ3v) is 3.01. The largest absolute Gasteiger partial charge is 0.504 e. The van der Waals surface area contributed by atoms with Crippen molar-refractivity contribution < 1.29 is 14.6 Å². The van der Waals surface area contributed by atoms with Crippen LogP contribution >= 0.6 is 0 Å². The molecule has 0 amide bonds. The van der Waals surface area contributed by atoms with Gasteiger partial charge in [0.2, 0.25) is 0 Å². The molecule has 23 heavy (non-hydrogen) atoms. The van der Waals surface area contributed by atoms with Crippen LogP contribution in [0.5, 0.6) is 11.5 Å². The first kappa shape index (κ1) is 18.5. The van der Waals surface area contributed by atoms with Gasteiger partial charge in [0, 0.05) is 6.54 Å². The molecule has 7 nitrogen and oxygen atoms in total. The smallest absolute Gasteiger partial charge is 0.189 e. The minimum atomic E-state index is -0.177. The first-order chi connectivity index (χ1) is 11.1. The van der Waals surface area contributed by atoms with Gasteiger partial charge < -0.3 is 26.6 Å². The molecule has 0 aliphatic carbocycles. The van der Waals surface area contributed by atoms with E-state index in [1.807, 2.05) is 0 Å². The predicted octanol–water partition coefficient (Wildman–Crippen LogP) is 0.626. The summed E-state index contributed by atoms with van der Waals surface area (Å²) in [7, 11) is 1.46. The number of benzene rings is 1. The number of guanidine groups is 1. The van der Waals surface area contributed by atoms with Crippen molar-refractivity contribution in [3.63, 3.8) is 0 Å². The highest BCUT2D eigenvalue weighted by atomic mass is 16.5. The Morgan fingerprint density at radius 2 is 2.22 bits per heavy atom. The Morgan fingerprint density at radius 3 is 2.91 bits per heavy atom. The molecule has 0 aliphatic heterocycles. The Hall–Kier alpha value is -2.54. The zero-order valence-electron chi connectivity index (χ0n) is 13.3. The molecule has 0 saturated carbocycles. The average molecular weight is 320 g/mol. The minimum absolute atomic E-state index is 0.0263. The van der Waals surface area contributed by atoms with Crippen molar-refractivity contribution in [3.8, 4) is 11.5 Å². The standard InChI is InChI=1S/C16H24N4O3/c1-23-15-10-12(5-7-14(15)22)4-6-13(21)11-20-16(18)19-9-3-2-8-17/h4-7,10,22H,2-3,8-9,11,17H2,1H3,(H3,18,19,20)/b6-4+. The van der Waals surface area contributed by atoms with E-state index in [1.165, 1.54) is 19.3 Å². The normalized spacial score (nSPS) is 11.7. The maximum atomic E-state index is 11.7. The van der Waals surface area contributed by atoms with Crippen molar-refractivity contribution in [1.82, 2.24) is 5.32 Å². The van der Waals surface area contributed by atoms with E-state index in [0.717, 1.165) is 18.4 Å². The number of nitrogens with one attached hydrogen (secondary N) is 1. The lowest BCUT2D eigenvalue weighted by Crippen LogP contribution is -2.33. The van der Waals surface area contributed by atoms with Crippen LogP contribution in [0.15, 0.2) is 29.3 Å². The van der Waals surface area contributed by atoms with Crippen molar-refractivity contribution in [2.45, 2.75) is 12.8 Å². The van der Waals surface area contributed by atoms with E-state index in [9.17, 15) is 9.90 Å². The Balaban J connectivity index is 2.46. The number of hydrogen-bond donors (Lipinski definition) is 4. The second kappa shape index (κ2) is 10.2. The fourth-order valence-corrected chi connectivity index (χ4v) is 1.74. The number of ether oxygens (including phenoxy) is 1. The molecular formula is C16H24N4O3. The van der Waals surface area contributed by atoms with Gasteiger partial charge in [-0.3, -0.25) is 4.79 Å². The summed E-state index contributed by atoms with van der Waals surface area (Å²) in [6, 6.07) is 4.82. The molecule has 1 aromatic carbocycles. The van der Waals surface area contributed by atoms with Crippen LogP contribution in [-0.4, -0.2) is 43.6 Å². The number of phenolic OH excluding ortho intramolecular Hbond substituents is 1. The van der Waals surface area contributed by atoms with Crippen molar-refractivity contribution in [3.05, 3.63) is 29.8 Å². The van der Waals surface area contributed by atoms with Gasteiger partial charge in [-0.2, -0.15) is 0 Å². The van der Waals surface area contributed by atoms with Crippen LogP contribution in [0, 0.1) is 0 Å². The Bertz CT molecular complexity index is 570. The quantitative estimate of drug-likeness (QED) is 0.229. The van der Waals surface area contributed by atoms with Gasteiger partial charge in [0.25, 0.3) is 0 Å². The summed E-state index contributed by atoms with van der Waals surface area (Å²) in [6.07, 6.45) is 4.86. The minimum Gasteiger partial charge on any atom is -0.504 e. The molecule has 0 atom stereocenters. The van der Waals surface area contributed by atoms with Gasteiger partial charge in [-0.15, -0.1) is 0 Å². The van der Waals surface area contributed by atoms with E-state index < -0.39 is 0 Å². The van der Waals surface area contributed by atoms with Gasteiger partial charge in [-0.05, 0) is 43.2 Å². The molecule has 1 rings (SSSR count). The third kappa shape index (κ3) is 7.32. The van der Waals surface area contributed by atoms with Gasteiger partial charge >= 0.3 is 0 Å². The van der Waals surface area contributed by atoms with Gasteiger partial charge in [0.15, 0.2) is 23.2 Å². The molecule has 0 saturated heterocycles. The summed E-state index contributed by atoms with van der Waals surface area (Å²) in [5.74, 6) is 0.469. The molecule has 7 heteroatoms. The predicted molar refractivity (Wildman–Crippen MR) is 91.5 cm³/mol. The zero-order valence-corrected chi connectivity index (χ0v) is 13.3. The second-order valence-corrected chi connectivity index (χ2v) is 4.85. The molecule has 126 valence electrons. The summed E-state index contributed by atoms with van der Waals surface area (Å²) >= 11 is 0. The number of methoxy groups -OCH3 is 1. The Morgan fingerprint density at radius 1 is 1.43 bits per heavy atom. The van der Waals surface area contributed by atoms with Crippen molar-refractivity contribution in [2.75, 3.05) is 26.7 Å². The van der Waals surface area contributed by atoms with Crippen molar-refractivity contribution >= 4 is 17.8 Å². The van der Waals surface area contributed by atoms with E-state index in [4.69, 9.17) is 16.2 Å². The zero-order chi connectivity index (χ0) is 17.1. The first-order valence-corrected chi connectivity index (χ1v) is 7.38. The average Bonchev–Trinajstić information content (AvgIpc) is 2.56. The van der Waals surface area contributed by atoms with Crippen LogP contribution in [0.4, 0.5) is 0 Å². The maximum Gasteiger partial charge on any atom is 0.189 e. The molecule has 0 heterocycles. The lowest BCUT2D eigenvalue weighted by Gasteiger charge is -2.04. The lowest BCUT2D eigenvalue weighted by atomic mass is 10.1. The number of unbranched alkanes of at least 4 members (excludes halogenated alkanes) is 1. The fourth-order valence-electron chi connectivity index (χ4n) is 1.74. The van der Waals surface area contributed by atoms with E-state index in [0.29, 0.717) is 18.8 Å². The molecule has 1 aromatic rings. The van der Waals surface area contributed by atoms with Crippen LogP contribution in [0.1, 0.15) is 18.4 Å². The summed E-state index contributed by atoms with van der Waals surface area (Å²) < 4.78 is 5.00. The maximum absolute atomic E-state index is 11.7. The molecule has 0 unspecified atom stereocenters. The molecular weight excluding hydrogens is 296 g/mol. The molecule has 0 aliphatic rings. The van der Waals surface area contributed by atoms with Crippen LogP contribution < -0.4 is 21.5 Å². The third-order valence-electron chi connectivity index (χ3n) is 3.01.